The van der Waals surface area contributed by atoms with E-state index in [1.165, 1.54) is 0 Å². The lowest BCUT2D eigenvalue weighted by Crippen LogP contribution is -2.02. The van der Waals surface area contributed by atoms with Gasteiger partial charge in [-0.15, -0.1) is 0 Å². The van der Waals surface area contributed by atoms with Gasteiger partial charge in [0.2, 0.25) is 0 Å². The van der Waals surface area contributed by atoms with Gasteiger partial charge in [0.05, 0.1) is 23.9 Å². The van der Waals surface area contributed by atoms with E-state index < -0.39 is 5.97 Å². The predicted molar refractivity (Wildman–Crippen MR) is 90.2 cm³/mol. The molecule has 3 rings (SSSR count). The highest BCUT2D eigenvalue weighted by Crippen LogP contribution is 2.29. The fourth-order valence-corrected chi connectivity index (χ4v) is 2.85. The molecule has 0 fully saturated rings. The molecule has 116 valence electrons. The van der Waals surface area contributed by atoms with Crippen LogP contribution < -0.4 is 4.74 Å². The van der Waals surface area contributed by atoms with Crippen LogP contribution in [0.15, 0.2) is 42.5 Å². The van der Waals surface area contributed by atoms with E-state index in [9.17, 15) is 9.90 Å². The Balaban J connectivity index is 2.32. The Morgan fingerprint density at radius 2 is 1.91 bits per heavy atom. The highest BCUT2D eigenvalue weighted by molar-refractivity contribution is 6.05. The van der Waals surface area contributed by atoms with Crippen molar-refractivity contribution in [1.29, 1.82) is 0 Å². The first kappa shape index (κ1) is 15.0. The average Bonchev–Trinajstić information content (AvgIpc) is 2.53. The van der Waals surface area contributed by atoms with E-state index in [0.29, 0.717) is 22.3 Å². The van der Waals surface area contributed by atoms with E-state index in [4.69, 9.17) is 4.74 Å². The highest BCUT2D eigenvalue weighted by atomic mass is 16.5. The number of carbonyl (C=O) groups is 1. The summed E-state index contributed by atoms with van der Waals surface area (Å²) in [5, 5.41) is 10.3. The van der Waals surface area contributed by atoms with Gasteiger partial charge in [-0.1, -0.05) is 18.2 Å². The third-order valence-electron chi connectivity index (χ3n) is 3.85. The number of aryl methyl sites for hydroxylation is 2. The normalized spacial score (nSPS) is 10.7. The first-order valence-corrected chi connectivity index (χ1v) is 7.29. The van der Waals surface area contributed by atoms with Gasteiger partial charge in [-0.3, -0.25) is 0 Å². The van der Waals surface area contributed by atoms with Crippen molar-refractivity contribution < 1.29 is 14.6 Å². The van der Waals surface area contributed by atoms with Gasteiger partial charge in [0.1, 0.15) is 5.75 Å². The molecule has 0 saturated heterocycles. The maximum absolute atomic E-state index is 11.7. The number of carboxylic acid groups (broad SMARTS) is 1. The number of rotatable bonds is 3. The lowest BCUT2D eigenvalue weighted by Gasteiger charge is -2.11. The van der Waals surface area contributed by atoms with Crippen LogP contribution in [-0.4, -0.2) is 23.2 Å². The van der Waals surface area contributed by atoms with Crippen LogP contribution >= 0.6 is 0 Å². The topological polar surface area (TPSA) is 59.4 Å². The highest BCUT2D eigenvalue weighted by Gasteiger charge is 2.15. The Morgan fingerprint density at radius 1 is 1.13 bits per heavy atom. The molecule has 0 aliphatic rings. The second-order valence-corrected chi connectivity index (χ2v) is 5.57. The fourth-order valence-electron chi connectivity index (χ4n) is 2.85. The van der Waals surface area contributed by atoms with Crippen LogP contribution in [0, 0.1) is 13.8 Å². The average molecular weight is 307 g/mol. The molecule has 0 saturated carbocycles. The molecule has 0 bridgehead atoms. The number of ether oxygens (including phenoxy) is 1. The molecule has 0 amide bonds. The van der Waals surface area contributed by atoms with Crippen molar-refractivity contribution in [3.8, 4) is 17.0 Å². The zero-order chi connectivity index (χ0) is 16.6. The Kier molecular flexibility index (Phi) is 3.74. The lowest BCUT2D eigenvalue weighted by atomic mass is 9.99. The van der Waals surface area contributed by atoms with Crippen LogP contribution in [0.25, 0.3) is 22.2 Å². The van der Waals surface area contributed by atoms with Gasteiger partial charge in [-0.25, -0.2) is 9.78 Å². The quantitative estimate of drug-likeness (QED) is 0.787. The molecule has 2 aromatic carbocycles. The summed E-state index contributed by atoms with van der Waals surface area (Å²) in [6.07, 6.45) is 0. The van der Waals surface area contributed by atoms with E-state index in [2.05, 4.69) is 4.98 Å². The first-order chi connectivity index (χ1) is 11.0. The van der Waals surface area contributed by atoms with Crippen LogP contribution in [0.3, 0.4) is 0 Å². The molecule has 1 N–H and O–H groups in total. The summed E-state index contributed by atoms with van der Waals surface area (Å²) in [7, 11) is 1.60. The van der Waals surface area contributed by atoms with Crippen LogP contribution in [0.2, 0.25) is 0 Å². The van der Waals surface area contributed by atoms with Gasteiger partial charge < -0.3 is 9.84 Å². The number of benzene rings is 2. The minimum Gasteiger partial charge on any atom is -0.497 e. The van der Waals surface area contributed by atoms with E-state index in [1.807, 2.05) is 50.2 Å². The van der Waals surface area contributed by atoms with Crippen molar-refractivity contribution in [2.75, 3.05) is 7.11 Å². The van der Waals surface area contributed by atoms with Crippen molar-refractivity contribution in [3.63, 3.8) is 0 Å². The molecule has 4 heteroatoms. The number of pyridine rings is 1. The molecule has 0 aliphatic heterocycles. The van der Waals surface area contributed by atoms with Gasteiger partial charge in [-0.05, 0) is 49.2 Å². The molecule has 4 nitrogen and oxygen atoms in total. The molecule has 23 heavy (non-hydrogen) atoms. The summed E-state index contributed by atoms with van der Waals surface area (Å²) in [5.74, 6) is -0.241. The number of fused-ring (bicyclic) bond motifs is 1. The predicted octanol–water partition coefficient (Wildman–Crippen LogP) is 4.23. The van der Waals surface area contributed by atoms with E-state index in [1.54, 1.807) is 13.2 Å². The summed E-state index contributed by atoms with van der Waals surface area (Å²) in [5.41, 5.74) is 4.39. The van der Waals surface area contributed by atoms with Gasteiger partial charge in [0.25, 0.3) is 0 Å². The summed E-state index contributed by atoms with van der Waals surface area (Å²) < 4.78 is 5.24. The number of hydrogen-bond acceptors (Lipinski definition) is 3. The molecule has 3 aromatic rings. The van der Waals surface area contributed by atoms with Crippen molar-refractivity contribution in [1.82, 2.24) is 4.98 Å². The minimum absolute atomic E-state index is 0.269. The van der Waals surface area contributed by atoms with Crippen molar-refractivity contribution in [2.24, 2.45) is 0 Å². The molecule has 0 spiro atoms. The summed E-state index contributed by atoms with van der Waals surface area (Å²) in [4.78, 5) is 16.4. The Morgan fingerprint density at radius 3 is 2.61 bits per heavy atom. The zero-order valence-electron chi connectivity index (χ0n) is 13.3. The first-order valence-electron chi connectivity index (χ1n) is 7.29. The lowest BCUT2D eigenvalue weighted by molar-refractivity contribution is 0.0699. The number of aromatic carboxylic acids is 1. The third kappa shape index (κ3) is 2.75. The maximum Gasteiger partial charge on any atom is 0.336 e. The Bertz CT molecular complexity index is 916. The minimum atomic E-state index is -0.950. The number of carboxylic acids is 1. The molecular weight excluding hydrogens is 290 g/mol. The number of nitrogens with zero attached hydrogens (tertiary/aromatic N) is 1. The van der Waals surface area contributed by atoms with Gasteiger partial charge >= 0.3 is 5.97 Å². The molecule has 0 aliphatic carbocycles. The van der Waals surface area contributed by atoms with Crippen LogP contribution in [0.4, 0.5) is 0 Å². The smallest absolute Gasteiger partial charge is 0.336 e. The van der Waals surface area contributed by atoms with Gasteiger partial charge in [0, 0.05) is 10.9 Å². The monoisotopic (exact) mass is 307 g/mol. The molecule has 1 aromatic heterocycles. The number of hydrogen-bond donors (Lipinski definition) is 1. The molecule has 0 unspecified atom stereocenters. The summed E-state index contributed by atoms with van der Waals surface area (Å²) in [6, 6.07) is 13.0. The maximum atomic E-state index is 11.7. The second-order valence-electron chi connectivity index (χ2n) is 5.57. The Hall–Kier alpha value is -2.88. The van der Waals surface area contributed by atoms with Crippen LogP contribution in [0.5, 0.6) is 5.75 Å². The van der Waals surface area contributed by atoms with Crippen molar-refractivity contribution >= 4 is 16.9 Å². The molecular formula is C19H17NO3. The molecule has 0 atom stereocenters. The number of aromatic nitrogens is 1. The van der Waals surface area contributed by atoms with Gasteiger partial charge in [0.15, 0.2) is 0 Å². The van der Waals surface area contributed by atoms with E-state index >= 15 is 0 Å². The third-order valence-corrected chi connectivity index (χ3v) is 3.85. The molecule has 0 radical (unpaired) electrons. The Labute approximate surface area is 134 Å². The van der Waals surface area contributed by atoms with Crippen LogP contribution in [-0.2, 0) is 0 Å². The van der Waals surface area contributed by atoms with E-state index in [-0.39, 0.29) is 5.56 Å². The van der Waals surface area contributed by atoms with Crippen LogP contribution in [0.1, 0.15) is 21.5 Å². The van der Waals surface area contributed by atoms with Crippen molar-refractivity contribution in [2.45, 2.75) is 13.8 Å². The van der Waals surface area contributed by atoms with E-state index in [0.717, 1.165) is 16.7 Å². The summed E-state index contributed by atoms with van der Waals surface area (Å²) in [6.45, 7) is 3.89. The fraction of sp³-hybridized carbons (Fsp3) is 0.158. The second kappa shape index (κ2) is 5.72. The van der Waals surface area contributed by atoms with Gasteiger partial charge in [-0.2, -0.15) is 0 Å². The van der Waals surface area contributed by atoms with Crippen molar-refractivity contribution in [3.05, 3.63) is 59.2 Å². The standard InChI is InChI=1S/C19H17NO3/c1-11-7-12(2)18-15(19(21)22)10-16(20-17(18)8-11)13-5-4-6-14(9-13)23-3/h4-10H,1-3H3,(H,21,22). The summed E-state index contributed by atoms with van der Waals surface area (Å²) >= 11 is 0. The largest absolute Gasteiger partial charge is 0.497 e. The zero-order valence-corrected chi connectivity index (χ0v) is 13.3. The SMILES string of the molecule is COc1cccc(-c2cc(C(=O)O)c3c(C)cc(C)cc3n2)c1. The molecule has 1 heterocycles. The number of methoxy groups -OCH3 is 1.